The van der Waals surface area contributed by atoms with Crippen LogP contribution < -0.4 is 0 Å². The van der Waals surface area contributed by atoms with Gasteiger partial charge in [-0.2, -0.15) is 15.5 Å². The van der Waals surface area contributed by atoms with Crippen molar-refractivity contribution in [2.45, 2.75) is 13.0 Å². The minimum absolute atomic E-state index is 0.0912. The lowest BCUT2D eigenvalue weighted by atomic mass is 9.99. The third kappa shape index (κ3) is 2.97. The Kier molecular flexibility index (Phi) is 4.21. The van der Waals surface area contributed by atoms with Crippen molar-refractivity contribution >= 4 is 5.91 Å². The number of aryl methyl sites for hydroxylation is 1. The van der Waals surface area contributed by atoms with Gasteiger partial charge in [-0.05, 0) is 30.3 Å². The summed E-state index contributed by atoms with van der Waals surface area (Å²) in [7, 11) is 1.94. The Bertz CT molecular complexity index is 1290. The SMILES string of the molecule is Cn1cccc1-c1cc(C(=O)N2CCc3[nH]nc(-c4cccc(C#N)c4)c3C2)[nH]n1. The quantitative estimate of drug-likeness (QED) is 0.554. The zero-order valence-corrected chi connectivity index (χ0v) is 16.4. The molecule has 3 aromatic heterocycles. The standard InChI is InChI=1S/C22H19N7O/c1-28-8-3-6-20(28)18-11-19(26-25-18)22(30)29-9-7-17-16(13-29)21(27-24-17)15-5-2-4-14(10-15)12-23/h2-6,8,10-11H,7,9,13H2,1H3,(H,24,27)(H,25,26). The largest absolute Gasteiger partial charge is 0.349 e. The highest BCUT2D eigenvalue weighted by Crippen LogP contribution is 2.29. The number of hydrogen-bond acceptors (Lipinski definition) is 4. The van der Waals surface area contributed by atoms with E-state index in [1.807, 2.05) is 48.1 Å². The zero-order chi connectivity index (χ0) is 20.7. The van der Waals surface area contributed by atoms with Crippen molar-refractivity contribution in [2.24, 2.45) is 7.05 Å². The summed E-state index contributed by atoms with van der Waals surface area (Å²) in [5.41, 5.74) is 6.41. The molecule has 0 bridgehead atoms. The monoisotopic (exact) mass is 397 g/mol. The smallest absolute Gasteiger partial charge is 0.272 e. The minimum Gasteiger partial charge on any atom is -0.349 e. The molecule has 1 amide bonds. The lowest BCUT2D eigenvalue weighted by molar-refractivity contribution is 0.0728. The van der Waals surface area contributed by atoms with E-state index < -0.39 is 0 Å². The highest BCUT2D eigenvalue weighted by atomic mass is 16.2. The number of nitrogens with zero attached hydrogens (tertiary/aromatic N) is 5. The molecule has 0 aliphatic carbocycles. The van der Waals surface area contributed by atoms with Gasteiger partial charge in [0.2, 0.25) is 0 Å². The van der Waals surface area contributed by atoms with Crippen molar-refractivity contribution in [3.63, 3.8) is 0 Å². The van der Waals surface area contributed by atoms with Crippen molar-refractivity contribution in [3.05, 3.63) is 71.2 Å². The van der Waals surface area contributed by atoms with E-state index in [1.54, 1.807) is 17.0 Å². The molecule has 1 aliphatic heterocycles. The second kappa shape index (κ2) is 7.04. The summed E-state index contributed by atoms with van der Waals surface area (Å²) in [4.78, 5) is 14.9. The molecule has 4 heterocycles. The second-order valence-electron chi connectivity index (χ2n) is 7.37. The summed E-state index contributed by atoms with van der Waals surface area (Å²) in [6.45, 7) is 1.06. The maximum absolute atomic E-state index is 13.1. The fourth-order valence-corrected chi connectivity index (χ4v) is 3.90. The molecule has 8 heteroatoms. The predicted molar refractivity (Wildman–Crippen MR) is 110 cm³/mol. The normalized spacial score (nSPS) is 13.1. The van der Waals surface area contributed by atoms with E-state index in [4.69, 9.17) is 0 Å². The Balaban J connectivity index is 1.41. The fraction of sp³-hybridized carbons (Fsp3) is 0.182. The summed E-state index contributed by atoms with van der Waals surface area (Å²) >= 11 is 0. The molecular formula is C22H19N7O. The number of hydrogen-bond donors (Lipinski definition) is 2. The van der Waals surface area contributed by atoms with Gasteiger partial charge in [-0.25, -0.2) is 0 Å². The number of fused-ring (bicyclic) bond motifs is 1. The van der Waals surface area contributed by atoms with Gasteiger partial charge in [0.15, 0.2) is 0 Å². The first-order valence-electron chi connectivity index (χ1n) is 9.67. The number of carbonyl (C=O) groups excluding carboxylic acids is 1. The highest BCUT2D eigenvalue weighted by molar-refractivity contribution is 5.93. The topological polar surface area (TPSA) is 106 Å². The Morgan fingerprint density at radius 1 is 1.17 bits per heavy atom. The van der Waals surface area contributed by atoms with E-state index in [9.17, 15) is 10.1 Å². The van der Waals surface area contributed by atoms with Crippen LogP contribution in [0.4, 0.5) is 0 Å². The summed E-state index contributed by atoms with van der Waals surface area (Å²) in [6, 6.07) is 15.2. The highest BCUT2D eigenvalue weighted by Gasteiger charge is 2.27. The predicted octanol–water partition coefficient (Wildman–Crippen LogP) is 2.88. The number of amides is 1. The van der Waals surface area contributed by atoms with E-state index in [2.05, 4.69) is 26.5 Å². The van der Waals surface area contributed by atoms with Crippen LogP contribution in [-0.4, -0.2) is 42.3 Å². The number of H-pyrrole nitrogens is 2. The molecule has 0 atom stereocenters. The molecule has 0 spiro atoms. The van der Waals surface area contributed by atoms with Gasteiger partial charge in [-0.1, -0.05) is 12.1 Å². The third-order valence-electron chi connectivity index (χ3n) is 5.50. The van der Waals surface area contributed by atoms with Crippen molar-refractivity contribution in [3.8, 4) is 28.7 Å². The zero-order valence-electron chi connectivity index (χ0n) is 16.4. The maximum atomic E-state index is 13.1. The summed E-state index contributed by atoms with van der Waals surface area (Å²) < 4.78 is 1.96. The van der Waals surface area contributed by atoms with Gasteiger partial charge in [0.1, 0.15) is 11.4 Å². The van der Waals surface area contributed by atoms with Crippen LogP contribution in [0.25, 0.3) is 22.6 Å². The summed E-state index contributed by atoms with van der Waals surface area (Å²) in [5.74, 6) is -0.0912. The van der Waals surface area contributed by atoms with Crippen molar-refractivity contribution < 1.29 is 4.79 Å². The van der Waals surface area contributed by atoms with Crippen LogP contribution >= 0.6 is 0 Å². The van der Waals surface area contributed by atoms with Crippen LogP contribution in [0.15, 0.2) is 48.7 Å². The van der Waals surface area contributed by atoms with Crippen LogP contribution in [0, 0.1) is 11.3 Å². The third-order valence-corrected chi connectivity index (χ3v) is 5.50. The molecule has 4 aromatic rings. The van der Waals surface area contributed by atoms with Gasteiger partial charge in [0, 0.05) is 43.0 Å². The molecule has 0 saturated heterocycles. The maximum Gasteiger partial charge on any atom is 0.272 e. The van der Waals surface area contributed by atoms with Crippen molar-refractivity contribution in [1.82, 2.24) is 29.9 Å². The number of nitrogens with one attached hydrogen (secondary N) is 2. The summed E-state index contributed by atoms with van der Waals surface area (Å²) in [5, 5.41) is 23.9. The van der Waals surface area contributed by atoms with E-state index in [0.29, 0.717) is 30.8 Å². The Labute approximate surface area is 172 Å². The first-order valence-corrected chi connectivity index (χ1v) is 9.67. The number of aromatic nitrogens is 5. The van der Waals surface area contributed by atoms with Gasteiger partial charge in [-0.3, -0.25) is 15.0 Å². The van der Waals surface area contributed by atoms with Gasteiger partial charge in [0.25, 0.3) is 5.91 Å². The van der Waals surface area contributed by atoms with Crippen molar-refractivity contribution in [2.75, 3.05) is 6.54 Å². The number of aromatic amines is 2. The van der Waals surface area contributed by atoms with E-state index >= 15 is 0 Å². The molecule has 0 radical (unpaired) electrons. The summed E-state index contributed by atoms with van der Waals surface area (Å²) in [6.07, 6.45) is 2.64. The molecular weight excluding hydrogens is 378 g/mol. The van der Waals surface area contributed by atoms with Gasteiger partial charge in [-0.15, -0.1) is 0 Å². The average molecular weight is 397 g/mol. The molecule has 0 unspecified atom stereocenters. The minimum atomic E-state index is -0.0912. The van der Waals surface area contributed by atoms with E-state index in [0.717, 1.165) is 33.9 Å². The van der Waals surface area contributed by atoms with Crippen LogP contribution in [0.5, 0.6) is 0 Å². The molecule has 0 fully saturated rings. The average Bonchev–Trinajstić information content (AvgIpc) is 3.52. The Morgan fingerprint density at radius 3 is 2.87 bits per heavy atom. The molecule has 1 aromatic carbocycles. The van der Waals surface area contributed by atoms with E-state index in [1.165, 1.54) is 0 Å². The lowest BCUT2D eigenvalue weighted by Crippen LogP contribution is -2.36. The van der Waals surface area contributed by atoms with Crippen LogP contribution in [-0.2, 0) is 20.0 Å². The van der Waals surface area contributed by atoms with Crippen LogP contribution in [0.1, 0.15) is 27.3 Å². The van der Waals surface area contributed by atoms with Crippen LogP contribution in [0.2, 0.25) is 0 Å². The molecule has 1 aliphatic rings. The number of carbonyl (C=O) groups is 1. The lowest BCUT2D eigenvalue weighted by Gasteiger charge is -2.26. The van der Waals surface area contributed by atoms with Crippen molar-refractivity contribution in [1.29, 1.82) is 5.26 Å². The fourth-order valence-electron chi connectivity index (χ4n) is 3.90. The Hall–Kier alpha value is -4.12. The molecule has 0 saturated carbocycles. The molecule has 8 nitrogen and oxygen atoms in total. The number of benzene rings is 1. The van der Waals surface area contributed by atoms with Crippen LogP contribution in [0.3, 0.4) is 0 Å². The molecule has 30 heavy (non-hydrogen) atoms. The Morgan fingerprint density at radius 2 is 2.07 bits per heavy atom. The first-order chi connectivity index (χ1) is 14.6. The van der Waals surface area contributed by atoms with Gasteiger partial charge >= 0.3 is 0 Å². The van der Waals surface area contributed by atoms with Gasteiger partial charge in [0.05, 0.1) is 29.6 Å². The molecule has 5 rings (SSSR count). The number of rotatable bonds is 3. The molecule has 2 N–H and O–H groups in total. The van der Waals surface area contributed by atoms with Gasteiger partial charge < -0.3 is 9.47 Å². The molecule has 148 valence electrons. The second-order valence-corrected chi connectivity index (χ2v) is 7.37. The van der Waals surface area contributed by atoms with E-state index in [-0.39, 0.29) is 5.91 Å². The number of nitriles is 1. The first kappa shape index (κ1) is 17.9.